The van der Waals surface area contributed by atoms with Crippen LogP contribution >= 0.6 is 15.9 Å². The van der Waals surface area contributed by atoms with Crippen LogP contribution in [0.15, 0.2) is 59.7 Å². The Bertz CT molecular complexity index is 478. The molecule has 20 heavy (non-hydrogen) atoms. The second kappa shape index (κ2) is 10.1. The molecular formula is C16H21BrN3+. The van der Waals surface area contributed by atoms with Crippen molar-refractivity contribution < 1.29 is 4.99 Å². The van der Waals surface area contributed by atoms with E-state index in [-0.39, 0.29) is 0 Å². The predicted molar refractivity (Wildman–Crippen MR) is 91.9 cm³/mol. The van der Waals surface area contributed by atoms with Gasteiger partial charge in [-0.1, -0.05) is 46.8 Å². The number of allylic oxidation sites excluding steroid dienone is 3. The van der Waals surface area contributed by atoms with Crippen LogP contribution in [0.4, 0.5) is 5.69 Å². The molecule has 3 nitrogen and oxygen atoms in total. The normalized spacial score (nSPS) is 12.2. The van der Waals surface area contributed by atoms with E-state index in [0.717, 1.165) is 29.6 Å². The Morgan fingerprint density at radius 3 is 2.80 bits per heavy atom. The van der Waals surface area contributed by atoms with E-state index in [2.05, 4.69) is 32.6 Å². The van der Waals surface area contributed by atoms with Gasteiger partial charge in [-0.25, -0.2) is 4.99 Å². The van der Waals surface area contributed by atoms with Gasteiger partial charge in [0.1, 0.15) is 6.54 Å². The van der Waals surface area contributed by atoms with E-state index in [9.17, 15) is 0 Å². The molecule has 1 aromatic carbocycles. The molecule has 0 unspecified atom stereocenters. The van der Waals surface area contributed by atoms with Crippen LogP contribution in [-0.4, -0.2) is 31.4 Å². The Morgan fingerprint density at radius 2 is 2.15 bits per heavy atom. The van der Waals surface area contributed by atoms with Crippen LogP contribution in [-0.2, 0) is 0 Å². The largest absolute Gasteiger partial charge is 0.269 e. The zero-order chi connectivity index (χ0) is 14.6. The maximum absolute atomic E-state index is 4.39. The maximum atomic E-state index is 4.39. The highest BCUT2D eigenvalue weighted by atomic mass is 79.9. The Labute approximate surface area is 129 Å². The number of nitrogens with one attached hydrogen (secondary N) is 1. The summed E-state index contributed by atoms with van der Waals surface area (Å²) in [6.45, 7) is 4.75. The molecule has 1 aromatic rings. The summed E-state index contributed by atoms with van der Waals surface area (Å²) in [6, 6.07) is 10.0. The fourth-order valence-corrected chi connectivity index (χ4v) is 1.72. The molecule has 1 rings (SSSR count). The van der Waals surface area contributed by atoms with Gasteiger partial charge in [-0.3, -0.25) is 5.01 Å². The Morgan fingerprint density at radius 1 is 1.40 bits per heavy atom. The number of hydrogen-bond donors (Lipinski definition) is 1. The quantitative estimate of drug-likeness (QED) is 0.255. The lowest BCUT2D eigenvalue weighted by atomic mass is 10.3. The van der Waals surface area contributed by atoms with E-state index < -0.39 is 0 Å². The van der Waals surface area contributed by atoms with Crippen molar-refractivity contribution in [3.05, 3.63) is 54.6 Å². The van der Waals surface area contributed by atoms with Crippen LogP contribution in [0.25, 0.3) is 0 Å². The molecule has 0 bridgehead atoms. The fraction of sp³-hybridized carbons (Fsp3) is 0.250. The van der Waals surface area contributed by atoms with Gasteiger partial charge >= 0.3 is 0 Å². The molecule has 0 spiro atoms. The van der Waals surface area contributed by atoms with Crippen molar-refractivity contribution in [1.29, 1.82) is 0 Å². The molecule has 0 heterocycles. The van der Waals surface area contributed by atoms with E-state index in [1.165, 1.54) is 0 Å². The fourth-order valence-electron chi connectivity index (χ4n) is 1.43. The van der Waals surface area contributed by atoms with Gasteiger partial charge in [0.15, 0.2) is 6.21 Å². The number of halogens is 1. The number of alkyl halides is 1. The van der Waals surface area contributed by atoms with Crippen molar-refractivity contribution in [1.82, 2.24) is 0 Å². The van der Waals surface area contributed by atoms with Crippen LogP contribution < -0.4 is 10.0 Å². The summed E-state index contributed by atoms with van der Waals surface area (Å²) in [5.41, 5.74) is 2.01. The molecule has 0 radical (unpaired) electrons. The lowest BCUT2D eigenvalue weighted by Crippen LogP contribution is -2.68. The summed E-state index contributed by atoms with van der Waals surface area (Å²) in [6.07, 6.45) is 8.56. The first-order valence-electron chi connectivity index (χ1n) is 6.56. The van der Waals surface area contributed by atoms with Gasteiger partial charge in [0.2, 0.25) is 0 Å². The second-order valence-corrected chi connectivity index (χ2v) is 4.93. The topological polar surface area (TPSA) is 29.6 Å². The molecular weight excluding hydrogens is 314 g/mol. The van der Waals surface area contributed by atoms with Gasteiger partial charge in [-0.05, 0) is 17.7 Å². The average molecular weight is 335 g/mol. The number of nitrogens with zero attached hydrogens (tertiary/aromatic N) is 2. The lowest BCUT2D eigenvalue weighted by Gasteiger charge is -2.11. The Kier molecular flexibility index (Phi) is 8.31. The first kappa shape index (κ1) is 16.4. The smallest absolute Gasteiger partial charge is 0.162 e. The summed E-state index contributed by atoms with van der Waals surface area (Å²) in [4.78, 5) is 3.22. The van der Waals surface area contributed by atoms with E-state index in [1.54, 1.807) is 12.3 Å². The van der Waals surface area contributed by atoms with E-state index in [0.29, 0.717) is 0 Å². The van der Waals surface area contributed by atoms with Gasteiger partial charge in [-0.15, -0.1) is 0 Å². The molecule has 0 atom stereocenters. The van der Waals surface area contributed by atoms with Crippen LogP contribution in [0.2, 0.25) is 0 Å². The highest BCUT2D eigenvalue weighted by Crippen LogP contribution is 2.10. The minimum Gasteiger partial charge on any atom is -0.269 e. The highest BCUT2D eigenvalue weighted by molar-refractivity contribution is 9.09. The lowest BCUT2D eigenvalue weighted by molar-refractivity contribution is -0.450. The first-order valence-corrected chi connectivity index (χ1v) is 7.68. The molecule has 0 aliphatic heterocycles. The number of hydrogen-bond acceptors (Lipinski definition) is 2. The highest BCUT2D eigenvalue weighted by Gasteiger charge is 1.95. The summed E-state index contributed by atoms with van der Waals surface area (Å²) in [5.74, 6) is 0. The minimum absolute atomic E-state index is 0.952. The zero-order valence-electron chi connectivity index (χ0n) is 11.8. The van der Waals surface area contributed by atoms with Gasteiger partial charge in [0.25, 0.3) is 0 Å². The van der Waals surface area contributed by atoms with Crippen LogP contribution in [0.5, 0.6) is 0 Å². The number of rotatable bonds is 8. The van der Waals surface area contributed by atoms with Gasteiger partial charge in [0.05, 0.1) is 11.9 Å². The second-order valence-electron chi connectivity index (χ2n) is 4.14. The average Bonchev–Trinajstić information content (AvgIpc) is 2.50. The van der Waals surface area contributed by atoms with Crippen molar-refractivity contribution in [3.8, 4) is 0 Å². The third-order valence-electron chi connectivity index (χ3n) is 2.59. The molecule has 0 saturated carbocycles. The van der Waals surface area contributed by atoms with E-state index >= 15 is 0 Å². The van der Waals surface area contributed by atoms with Gasteiger partial charge in [0, 0.05) is 24.9 Å². The number of benzene rings is 1. The Hall–Kier alpha value is -1.68. The van der Waals surface area contributed by atoms with Crippen molar-refractivity contribution in [3.63, 3.8) is 0 Å². The Balaban J connectivity index is 2.59. The third-order valence-corrected chi connectivity index (χ3v) is 3.15. The van der Waals surface area contributed by atoms with Crippen molar-refractivity contribution in [2.45, 2.75) is 6.42 Å². The number of hydrazone groups is 1. The molecule has 0 aromatic heterocycles. The molecule has 1 N–H and O–H groups in total. The zero-order valence-corrected chi connectivity index (χ0v) is 13.4. The molecule has 0 amide bonds. The number of anilines is 1. The number of para-hydroxylation sites is 1. The van der Waals surface area contributed by atoms with Crippen LogP contribution in [0.3, 0.4) is 0 Å². The molecule has 106 valence electrons. The minimum atomic E-state index is 0.952. The molecule has 0 aliphatic carbocycles. The van der Waals surface area contributed by atoms with Crippen molar-refractivity contribution in [2.24, 2.45) is 5.10 Å². The van der Waals surface area contributed by atoms with Crippen molar-refractivity contribution in [2.75, 3.05) is 23.9 Å². The van der Waals surface area contributed by atoms with Gasteiger partial charge in [-0.2, -0.15) is 5.10 Å². The molecule has 0 aliphatic rings. The van der Waals surface area contributed by atoms with Gasteiger partial charge < -0.3 is 0 Å². The maximum Gasteiger partial charge on any atom is 0.162 e. The summed E-state index contributed by atoms with van der Waals surface area (Å²) in [5, 5.41) is 7.23. The van der Waals surface area contributed by atoms with Crippen LogP contribution in [0, 0.1) is 0 Å². The summed E-state index contributed by atoms with van der Waals surface area (Å²) < 4.78 is 0. The van der Waals surface area contributed by atoms with Crippen molar-refractivity contribution >= 4 is 34.0 Å². The van der Waals surface area contributed by atoms with E-state index in [4.69, 9.17) is 0 Å². The SMILES string of the molecule is C=CC(/C=N/N(C)c1ccccc1)=C\C=[NH+]CCCBr. The molecule has 0 fully saturated rings. The predicted octanol–water partition coefficient (Wildman–Crippen LogP) is 2.16. The summed E-state index contributed by atoms with van der Waals surface area (Å²) in [7, 11) is 1.92. The molecule has 4 heteroatoms. The monoisotopic (exact) mass is 334 g/mol. The van der Waals surface area contributed by atoms with Crippen LogP contribution in [0.1, 0.15) is 6.42 Å². The third kappa shape index (κ3) is 6.48. The standard InChI is InChI=1S/C16H20BrN3/c1-3-15(10-13-18-12-7-11-17)14-19-20(2)16-8-5-4-6-9-16/h3-6,8-10,13-14H,1,7,11-12H2,2H3/p+1/b15-10+,18-13?,19-14+. The molecule has 0 saturated heterocycles. The summed E-state index contributed by atoms with van der Waals surface area (Å²) >= 11 is 3.39. The van der Waals surface area contributed by atoms with E-state index in [1.807, 2.05) is 54.7 Å². The first-order chi connectivity index (χ1) is 9.77.